The molecule has 1 aromatic heterocycles. The number of aromatic nitrogens is 1. The van der Waals surface area contributed by atoms with Crippen molar-refractivity contribution in [2.24, 2.45) is 5.41 Å². The summed E-state index contributed by atoms with van der Waals surface area (Å²) < 4.78 is 0. The molecule has 1 aliphatic heterocycles. The Kier molecular flexibility index (Phi) is 4.82. The number of piperidine rings is 1. The highest BCUT2D eigenvalue weighted by molar-refractivity contribution is 7.11. The van der Waals surface area contributed by atoms with Crippen LogP contribution in [0.5, 0.6) is 0 Å². The highest BCUT2D eigenvalue weighted by atomic mass is 32.1. The molecule has 21 heavy (non-hydrogen) atoms. The summed E-state index contributed by atoms with van der Waals surface area (Å²) >= 11 is 1.55. The van der Waals surface area contributed by atoms with E-state index in [0.717, 1.165) is 16.3 Å². The molecule has 2 amide bonds. The second kappa shape index (κ2) is 6.43. The number of urea groups is 1. The molecule has 1 atom stereocenters. The third kappa shape index (κ3) is 3.53. The molecular formula is C14H21N3O3S. The summed E-state index contributed by atoms with van der Waals surface area (Å²) in [6.07, 6.45) is 3.68. The lowest BCUT2D eigenvalue weighted by atomic mass is 9.78. The molecule has 1 fully saturated rings. The number of carboxylic acid groups (broad SMARTS) is 1. The molecule has 0 aromatic carbocycles. The normalized spacial score (nSPS) is 22.1. The van der Waals surface area contributed by atoms with Crippen molar-refractivity contribution in [3.63, 3.8) is 0 Å². The molecule has 1 aromatic rings. The molecule has 2 rings (SSSR count). The van der Waals surface area contributed by atoms with Crippen LogP contribution >= 0.6 is 11.3 Å². The van der Waals surface area contributed by atoms with Gasteiger partial charge in [-0.05, 0) is 26.2 Å². The monoisotopic (exact) mass is 311 g/mol. The van der Waals surface area contributed by atoms with Gasteiger partial charge in [-0.3, -0.25) is 4.79 Å². The lowest BCUT2D eigenvalue weighted by molar-refractivity contribution is -0.152. The van der Waals surface area contributed by atoms with Crippen molar-refractivity contribution in [2.45, 2.75) is 39.7 Å². The van der Waals surface area contributed by atoms with Gasteiger partial charge >= 0.3 is 12.0 Å². The van der Waals surface area contributed by atoms with Gasteiger partial charge in [0.05, 0.1) is 12.0 Å². The summed E-state index contributed by atoms with van der Waals surface area (Å²) in [7, 11) is 0. The summed E-state index contributed by atoms with van der Waals surface area (Å²) in [6.45, 7) is 5.11. The van der Waals surface area contributed by atoms with Gasteiger partial charge in [0.25, 0.3) is 0 Å². The first kappa shape index (κ1) is 15.8. The summed E-state index contributed by atoms with van der Waals surface area (Å²) in [6, 6.07) is -0.207. The van der Waals surface area contributed by atoms with Gasteiger partial charge in [0, 0.05) is 24.2 Å². The smallest absolute Gasteiger partial charge is 0.317 e. The van der Waals surface area contributed by atoms with Crippen LogP contribution in [0.1, 0.15) is 36.1 Å². The Labute approximate surface area is 128 Å². The minimum atomic E-state index is -0.807. The van der Waals surface area contributed by atoms with Crippen LogP contribution in [0, 0.1) is 12.3 Å². The molecule has 1 aliphatic rings. The van der Waals surface area contributed by atoms with Gasteiger partial charge in [-0.15, -0.1) is 11.3 Å². The fourth-order valence-corrected chi connectivity index (χ4v) is 3.39. The number of aliphatic carboxylic acids is 1. The predicted octanol–water partition coefficient (Wildman–Crippen LogP) is 2.24. The maximum Gasteiger partial charge on any atom is 0.317 e. The number of carbonyl (C=O) groups is 2. The van der Waals surface area contributed by atoms with E-state index >= 15 is 0 Å². The van der Waals surface area contributed by atoms with E-state index < -0.39 is 11.4 Å². The molecule has 0 radical (unpaired) electrons. The SMILES string of the molecule is CCC1(C(=O)O)CCCN(C(=O)NCc2ncc(C)s2)C1. The minimum Gasteiger partial charge on any atom is -0.481 e. The van der Waals surface area contributed by atoms with E-state index in [1.807, 2.05) is 13.8 Å². The summed E-state index contributed by atoms with van der Waals surface area (Å²) in [5.74, 6) is -0.807. The third-order valence-corrected chi connectivity index (χ3v) is 4.97. The van der Waals surface area contributed by atoms with Gasteiger partial charge in [-0.25, -0.2) is 9.78 Å². The van der Waals surface area contributed by atoms with Crippen molar-refractivity contribution in [1.82, 2.24) is 15.2 Å². The average molecular weight is 311 g/mol. The average Bonchev–Trinajstić information content (AvgIpc) is 2.90. The van der Waals surface area contributed by atoms with Crippen LogP contribution in [0.3, 0.4) is 0 Å². The largest absolute Gasteiger partial charge is 0.481 e. The van der Waals surface area contributed by atoms with Gasteiger partial charge in [0.1, 0.15) is 5.01 Å². The zero-order valence-corrected chi connectivity index (χ0v) is 13.2. The van der Waals surface area contributed by atoms with Crippen LogP contribution in [0.15, 0.2) is 6.20 Å². The van der Waals surface area contributed by atoms with E-state index in [4.69, 9.17) is 0 Å². The van der Waals surface area contributed by atoms with Gasteiger partial charge in [-0.2, -0.15) is 0 Å². The number of likely N-dealkylation sites (tertiary alicyclic amines) is 1. The van der Waals surface area contributed by atoms with Crippen LogP contribution in [0.4, 0.5) is 4.79 Å². The fourth-order valence-electron chi connectivity index (χ4n) is 2.67. The molecule has 2 heterocycles. The van der Waals surface area contributed by atoms with Gasteiger partial charge in [0.15, 0.2) is 0 Å². The zero-order valence-electron chi connectivity index (χ0n) is 12.4. The number of amides is 2. The van der Waals surface area contributed by atoms with Crippen LogP contribution in [0.25, 0.3) is 0 Å². The Morgan fingerprint density at radius 2 is 2.33 bits per heavy atom. The standard InChI is InChI=1S/C14H21N3O3S/c1-3-14(12(18)19)5-4-6-17(9-14)13(20)16-8-11-15-7-10(2)21-11/h7H,3-6,8-9H2,1-2H3,(H,16,20)(H,18,19). The Bertz CT molecular complexity index is 531. The minimum absolute atomic E-state index is 0.207. The zero-order chi connectivity index (χ0) is 15.5. The van der Waals surface area contributed by atoms with Crippen molar-refractivity contribution in [3.05, 3.63) is 16.1 Å². The molecule has 2 N–H and O–H groups in total. The third-order valence-electron chi connectivity index (χ3n) is 4.05. The van der Waals surface area contributed by atoms with E-state index in [1.165, 1.54) is 0 Å². The molecule has 0 aliphatic carbocycles. The van der Waals surface area contributed by atoms with Gasteiger partial charge < -0.3 is 15.3 Å². The number of carboxylic acids is 1. The summed E-state index contributed by atoms with van der Waals surface area (Å²) in [5.41, 5.74) is -0.798. The molecule has 0 bridgehead atoms. The molecule has 0 saturated carbocycles. The number of nitrogens with zero attached hydrogens (tertiary/aromatic N) is 2. The second-order valence-electron chi connectivity index (χ2n) is 5.49. The van der Waals surface area contributed by atoms with Crippen LogP contribution in [-0.2, 0) is 11.3 Å². The molecule has 7 heteroatoms. The maximum absolute atomic E-state index is 12.2. The molecule has 6 nitrogen and oxygen atoms in total. The van der Waals surface area contributed by atoms with Crippen molar-refractivity contribution >= 4 is 23.3 Å². The predicted molar refractivity (Wildman–Crippen MR) is 80.3 cm³/mol. The summed E-state index contributed by atoms with van der Waals surface area (Å²) in [5, 5.41) is 13.1. The topological polar surface area (TPSA) is 82.5 Å². The number of thiazole rings is 1. The van der Waals surface area contributed by atoms with Crippen LogP contribution in [-0.4, -0.2) is 40.1 Å². The number of aryl methyl sites for hydroxylation is 1. The number of carbonyl (C=O) groups excluding carboxylic acids is 1. The van der Waals surface area contributed by atoms with Crippen molar-refractivity contribution in [1.29, 1.82) is 0 Å². The van der Waals surface area contributed by atoms with Crippen LogP contribution in [0.2, 0.25) is 0 Å². The Balaban J connectivity index is 1.94. The van der Waals surface area contributed by atoms with Crippen molar-refractivity contribution in [3.8, 4) is 0 Å². The Morgan fingerprint density at radius 1 is 1.57 bits per heavy atom. The van der Waals surface area contributed by atoms with E-state index in [-0.39, 0.29) is 12.6 Å². The molecule has 116 valence electrons. The first-order valence-electron chi connectivity index (χ1n) is 7.14. The van der Waals surface area contributed by atoms with E-state index in [2.05, 4.69) is 10.3 Å². The van der Waals surface area contributed by atoms with E-state index in [1.54, 1.807) is 22.4 Å². The lowest BCUT2D eigenvalue weighted by Gasteiger charge is -2.39. The summed E-state index contributed by atoms with van der Waals surface area (Å²) in [4.78, 5) is 30.6. The van der Waals surface area contributed by atoms with Crippen molar-refractivity contribution < 1.29 is 14.7 Å². The lowest BCUT2D eigenvalue weighted by Crippen LogP contribution is -2.52. The van der Waals surface area contributed by atoms with Gasteiger partial charge in [0.2, 0.25) is 0 Å². The molecule has 1 unspecified atom stereocenters. The molecular weight excluding hydrogens is 290 g/mol. The number of rotatable bonds is 4. The first-order valence-corrected chi connectivity index (χ1v) is 7.96. The van der Waals surface area contributed by atoms with E-state index in [0.29, 0.717) is 25.9 Å². The molecule has 0 spiro atoms. The first-order chi connectivity index (χ1) is 9.97. The molecule has 1 saturated heterocycles. The number of hydrogen-bond donors (Lipinski definition) is 2. The Hall–Kier alpha value is -1.63. The van der Waals surface area contributed by atoms with E-state index in [9.17, 15) is 14.7 Å². The maximum atomic E-state index is 12.2. The number of hydrogen-bond acceptors (Lipinski definition) is 4. The highest BCUT2D eigenvalue weighted by Gasteiger charge is 2.42. The second-order valence-corrected chi connectivity index (χ2v) is 6.81. The van der Waals surface area contributed by atoms with Crippen LogP contribution < -0.4 is 5.32 Å². The fraction of sp³-hybridized carbons (Fsp3) is 0.643. The number of nitrogens with one attached hydrogen (secondary N) is 1. The van der Waals surface area contributed by atoms with Crippen molar-refractivity contribution in [2.75, 3.05) is 13.1 Å². The highest BCUT2D eigenvalue weighted by Crippen LogP contribution is 2.33. The Morgan fingerprint density at radius 3 is 2.90 bits per heavy atom. The quantitative estimate of drug-likeness (QED) is 0.893. The van der Waals surface area contributed by atoms with Gasteiger partial charge in [-0.1, -0.05) is 6.92 Å².